The van der Waals surface area contributed by atoms with Gasteiger partial charge in [-0.05, 0) is 13.3 Å². The van der Waals surface area contributed by atoms with E-state index in [1.165, 1.54) is 4.90 Å². The van der Waals surface area contributed by atoms with Crippen LogP contribution in [0.2, 0.25) is 0 Å². The highest BCUT2D eigenvalue weighted by Crippen LogP contribution is 2.17. The quantitative estimate of drug-likeness (QED) is 0.847. The van der Waals surface area contributed by atoms with E-state index in [0.717, 1.165) is 0 Å². The first-order chi connectivity index (χ1) is 8.28. The van der Waals surface area contributed by atoms with Crippen molar-refractivity contribution in [2.24, 2.45) is 5.73 Å². The van der Waals surface area contributed by atoms with Crippen LogP contribution in [0.25, 0.3) is 0 Å². The number of nitrogens with zero attached hydrogens (tertiary/aromatic N) is 2. The topological polar surface area (TPSA) is 49.6 Å². The number of carbonyl (C=O) groups excluding carboxylic acids is 1. The van der Waals surface area contributed by atoms with E-state index in [4.69, 9.17) is 5.73 Å². The molecule has 4 nitrogen and oxygen atoms in total. The van der Waals surface area contributed by atoms with Crippen molar-refractivity contribution in [3.8, 4) is 0 Å². The molecule has 0 spiro atoms. The van der Waals surface area contributed by atoms with Crippen LogP contribution in [-0.2, 0) is 4.79 Å². The van der Waals surface area contributed by atoms with Gasteiger partial charge in [-0.3, -0.25) is 9.69 Å². The summed E-state index contributed by atoms with van der Waals surface area (Å²) in [7, 11) is 0. The smallest absolute Gasteiger partial charge is 0.340 e. The standard InChI is InChI=1S/C11H20F3N3O.2ClH/c1-9(15)2-3-10(18)17-6-4-16(5-7-17)8-11(12,13)14;;/h9H,2-8,15H2,1H3;2*1H. The van der Waals surface area contributed by atoms with Crippen LogP contribution in [0.15, 0.2) is 0 Å². The summed E-state index contributed by atoms with van der Waals surface area (Å²) in [6, 6.07) is -0.0273. The molecule has 2 N–H and O–H groups in total. The van der Waals surface area contributed by atoms with E-state index in [9.17, 15) is 18.0 Å². The van der Waals surface area contributed by atoms with Crippen LogP contribution in [-0.4, -0.2) is 60.6 Å². The monoisotopic (exact) mass is 339 g/mol. The number of halogens is 5. The summed E-state index contributed by atoms with van der Waals surface area (Å²) >= 11 is 0. The van der Waals surface area contributed by atoms with E-state index in [1.54, 1.807) is 4.90 Å². The molecule has 1 aliphatic rings. The van der Waals surface area contributed by atoms with Crippen LogP contribution in [0, 0.1) is 0 Å². The molecule has 1 atom stereocenters. The zero-order valence-corrected chi connectivity index (χ0v) is 13.0. The highest BCUT2D eigenvalue weighted by Gasteiger charge is 2.32. The van der Waals surface area contributed by atoms with Crippen LogP contribution in [0.5, 0.6) is 0 Å². The van der Waals surface area contributed by atoms with Gasteiger partial charge in [0.05, 0.1) is 6.54 Å². The molecule has 0 aromatic carbocycles. The minimum Gasteiger partial charge on any atom is -0.340 e. The predicted molar refractivity (Wildman–Crippen MR) is 76.5 cm³/mol. The number of hydrogen-bond acceptors (Lipinski definition) is 3. The fourth-order valence-electron chi connectivity index (χ4n) is 1.92. The summed E-state index contributed by atoms with van der Waals surface area (Å²) in [6.07, 6.45) is -3.18. The van der Waals surface area contributed by atoms with Crippen molar-refractivity contribution in [1.29, 1.82) is 0 Å². The van der Waals surface area contributed by atoms with E-state index in [0.29, 0.717) is 25.9 Å². The molecule has 1 amide bonds. The Balaban J connectivity index is 0. The van der Waals surface area contributed by atoms with Gasteiger partial charge in [0, 0.05) is 38.6 Å². The Labute approximate surface area is 129 Å². The molecule has 122 valence electrons. The molecule has 0 aromatic rings. The van der Waals surface area contributed by atoms with Gasteiger partial charge in [-0.15, -0.1) is 24.8 Å². The number of alkyl halides is 3. The average molecular weight is 340 g/mol. The number of carbonyl (C=O) groups is 1. The maximum Gasteiger partial charge on any atom is 0.401 e. The summed E-state index contributed by atoms with van der Waals surface area (Å²) in [4.78, 5) is 14.7. The molecule has 0 bridgehead atoms. The lowest BCUT2D eigenvalue weighted by Crippen LogP contribution is -2.51. The summed E-state index contributed by atoms with van der Waals surface area (Å²) in [6.45, 7) is 2.23. The first kappa shape index (κ1) is 22.0. The molecule has 1 aliphatic heterocycles. The van der Waals surface area contributed by atoms with E-state index >= 15 is 0 Å². The molecule has 0 saturated carbocycles. The molecule has 1 heterocycles. The van der Waals surface area contributed by atoms with Crippen LogP contribution in [0.3, 0.4) is 0 Å². The van der Waals surface area contributed by atoms with Crippen LogP contribution >= 0.6 is 24.8 Å². The van der Waals surface area contributed by atoms with Crippen molar-refractivity contribution >= 4 is 30.7 Å². The zero-order valence-electron chi connectivity index (χ0n) is 11.4. The highest BCUT2D eigenvalue weighted by molar-refractivity contribution is 5.85. The van der Waals surface area contributed by atoms with Crippen molar-refractivity contribution in [3.63, 3.8) is 0 Å². The fourth-order valence-corrected chi connectivity index (χ4v) is 1.92. The summed E-state index contributed by atoms with van der Waals surface area (Å²) in [5.41, 5.74) is 5.56. The second-order valence-electron chi connectivity index (χ2n) is 4.79. The zero-order chi connectivity index (χ0) is 13.8. The highest BCUT2D eigenvalue weighted by atomic mass is 35.5. The lowest BCUT2D eigenvalue weighted by Gasteiger charge is -2.35. The largest absolute Gasteiger partial charge is 0.401 e. The molecule has 0 aliphatic carbocycles. The number of rotatable bonds is 4. The lowest BCUT2D eigenvalue weighted by atomic mass is 10.1. The Morgan fingerprint density at radius 3 is 2.10 bits per heavy atom. The number of piperazine rings is 1. The lowest BCUT2D eigenvalue weighted by molar-refractivity contribution is -0.151. The minimum absolute atomic E-state index is 0. The maximum atomic E-state index is 12.2. The molecule has 1 fully saturated rings. The second-order valence-corrected chi connectivity index (χ2v) is 4.79. The van der Waals surface area contributed by atoms with E-state index < -0.39 is 12.7 Å². The SMILES string of the molecule is CC(N)CCC(=O)N1CCN(CC(F)(F)F)CC1.Cl.Cl. The van der Waals surface area contributed by atoms with Gasteiger partial charge >= 0.3 is 6.18 Å². The molecule has 1 rings (SSSR count). The molecule has 9 heteroatoms. The first-order valence-electron chi connectivity index (χ1n) is 6.10. The van der Waals surface area contributed by atoms with Crippen molar-refractivity contribution in [1.82, 2.24) is 9.80 Å². The first-order valence-corrected chi connectivity index (χ1v) is 6.10. The average Bonchev–Trinajstić information content (AvgIpc) is 2.24. The van der Waals surface area contributed by atoms with E-state index in [-0.39, 0.29) is 49.9 Å². The van der Waals surface area contributed by atoms with Crippen molar-refractivity contribution < 1.29 is 18.0 Å². The van der Waals surface area contributed by atoms with Gasteiger partial charge in [0.15, 0.2) is 0 Å². The van der Waals surface area contributed by atoms with Gasteiger partial charge in [-0.2, -0.15) is 13.2 Å². The third-order valence-corrected chi connectivity index (χ3v) is 2.94. The number of nitrogens with two attached hydrogens (primary N) is 1. The predicted octanol–water partition coefficient (Wildman–Crippen LogP) is 1.66. The van der Waals surface area contributed by atoms with Crippen LogP contribution < -0.4 is 5.73 Å². The van der Waals surface area contributed by atoms with Gasteiger partial charge in [-0.25, -0.2) is 0 Å². The van der Waals surface area contributed by atoms with Crippen molar-refractivity contribution in [2.75, 3.05) is 32.7 Å². The molecule has 0 radical (unpaired) electrons. The third-order valence-electron chi connectivity index (χ3n) is 2.94. The Morgan fingerprint density at radius 2 is 1.70 bits per heavy atom. The Morgan fingerprint density at radius 1 is 1.20 bits per heavy atom. The molecule has 1 saturated heterocycles. The summed E-state index contributed by atoms with van der Waals surface area (Å²) < 4.78 is 36.5. The number of amides is 1. The van der Waals surface area contributed by atoms with Crippen molar-refractivity contribution in [3.05, 3.63) is 0 Å². The third kappa shape index (κ3) is 8.84. The van der Waals surface area contributed by atoms with E-state index in [1.807, 2.05) is 6.92 Å². The fraction of sp³-hybridized carbons (Fsp3) is 0.909. The van der Waals surface area contributed by atoms with Crippen LogP contribution in [0.1, 0.15) is 19.8 Å². The van der Waals surface area contributed by atoms with Gasteiger partial charge in [0.2, 0.25) is 5.91 Å². The molecule has 0 aromatic heterocycles. The van der Waals surface area contributed by atoms with Crippen molar-refractivity contribution in [2.45, 2.75) is 32.0 Å². The van der Waals surface area contributed by atoms with Gasteiger partial charge in [0.1, 0.15) is 0 Å². The molecule has 1 unspecified atom stereocenters. The summed E-state index contributed by atoms with van der Waals surface area (Å²) in [5.74, 6) is -0.0149. The Kier molecular flexibility index (Phi) is 10.6. The van der Waals surface area contributed by atoms with Gasteiger partial charge in [0.25, 0.3) is 0 Å². The normalized spacial score (nSPS) is 17.9. The van der Waals surface area contributed by atoms with E-state index in [2.05, 4.69) is 0 Å². The van der Waals surface area contributed by atoms with Crippen LogP contribution in [0.4, 0.5) is 13.2 Å². The summed E-state index contributed by atoms with van der Waals surface area (Å²) in [5, 5.41) is 0. The van der Waals surface area contributed by atoms with Gasteiger partial charge in [-0.1, -0.05) is 0 Å². The molecular formula is C11H22Cl2F3N3O. The minimum atomic E-state index is -4.17. The molecule has 20 heavy (non-hydrogen) atoms. The second kappa shape index (κ2) is 9.65. The molecular weight excluding hydrogens is 318 g/mol. The maximum absolute atomic E-state index is 12.2. The Bertz CT molecular complexity index is 283. The van der Waals surface area contributed by atoms with Gasteiger partial charge < -0.3 is 10.6 Å². The number of hydrogen-bond donors (Lipinski definition) is 1. The Hall–Kier alpha value is -0.240.